The highest BCUT2D eigenvalue weighted by Gasteiger charge is 2.17. The Labute approximate surface area is 128 Å². The van der Waals surface area contributed by atoms with Crippen LogP contribution in [0.3, 0.4) is 0 Å². The van der Waals surface area contributed by atoms with E-state index in [0.29, 0.717) is 18.7 Å². The normalized spacial score (nSPS) is 10.2. The number of benzene rings is 1. The molecule has 0 saturated heterocycles. The summed E-state index contributed by atoms with van der Waals surface area (Å²) in [5.74, 6) is -0.184. The van der Waals surface area contributed by atoms with Crippen molar-refractivity contribution in [1.29, 1.82) is 0 Å². The van der Waals surface area contributed by atoms with Gasteiger partial charge >= 0.3 is 0 Å². The summed E-state index contributed by atoms with van der Waals surface area (Å²) < 4.78 is 1.94. The first-order valence-electron chi connectivity index (χ1n) is 6.77. The zero-order chi connectivity index (χ0) is 16.1. The molecule has 0 aliphatic carbocycles. The maximum absolute atomic E-state index is 12.6. The summed E-state index contributed by atoms with van der Waals surface area (Å²) in [5, 5.41) is 10.7. The molecule has 1 aromatic carbocycles. The molecule has 1 aromatic heterocycles. The van der Waals surface area contributed by atoms with Crippen LogP contribution in [0.25, 0.3) is 0 Å². The minimum atomic E-state index is -0.486. The van der Waals surface area contributed by atoms with Crippen molar-refractivity contribution in [3.05, 3.63) is 76.6 Å². The number of aryl methyl sites for hydroxylation is 1. The van der Waals surface area contributed by atoms with Gasteiger partial charge in [-0.25, -0.2) is 0 Å². The Morgan fingerprint density at radius 1 is 1.36 bits per heavy atom. The summed E-state index contributed by atoms with van der Waals surface area (Å²) in [5.41, 5.74) is 1.38. The van der Waals surface area contributed by atoms with Gasteiger partial charge in [0.25, 0.3) is 11.6 Å². The number of carbonyl (C=O) groups excluding carboxylic acids is 1. The van der Waals surface area contributed by atoms with E-state index in [9.17, 15) is 14.9 Å². The SMILES string of the molecule is C=CCN(Cc1cccn1C)C(=O)c1ccc([N+](=O)[O-])cc1. The van der Waals surface area contributed by atoms with Crippen LogP contribution in [0.2, 0.25) is 0 Å². The number of nitrogens with zero attached hydrogens (tertiary/aromatic N) is 3. The van der Waals surface area contributed by atoms with Crippen molar-refractivity contribution >= 4 is 11.6 Å². The van der Waals surface area contributed by atoms with Gasteiger partial charge in [0.2, 0.25) is 0 Å². The summed E-state index contributed by atoms with van der Waals surface area (Å²) >= 11 is 0. The molecule has 0 aliphatic rings. The number of carbonyl (C=O) groups is 1. The minimum Gasteiger partial charge on any atom is -0.353 e. The first kappa shape index (κ1) is 15.5. The largest absolute Gasteiger partial charge is 0.353 e. The van der Waals surface area contributed by atoms with Gasteiger partial charge in [-0.1, -0.05) is 6.08 Å². The third kappa shape index (κ3) is 3.41. The lowest BCUT2D eigenvalue weighted by Crippen LogP contribution is -2.31. The van der Waals surface area contributed by atoms with E-state index < -0.39 is 4.92 Å². The van der Waals surface area contributed by atoms with E-state index in [1.54, 1.807) is 11.0 Å². The van der Waals surface area contributed by atoms with E-state index in [-0.39, 0.29) is 11.6 Å². The summed E-state index contributed by atoms with van der Waals surface area (Å²) in [6, 6.07) is 9.48. The van der Waals surface area contributed by atoms with Crippen molar-refractivity contribution in [3.63, 3.8) is 0 Å². The van der Waals surface area contributed by atoms with Gasteiger partial charge < -0.3 is 9.47 Å². The Balaban J connectivity index is 2.20. The van der Waals surface area contributed by atoms with E-state index in [1.165, 1.54) is 24.3 Å². The van der Waals surface area contributed by atoms with Crippen LogP contribution in [0.1, 0.15) is 16.1 Å². The number of hydrogen-bond acceptors (Lipinski definition) is 3. The number of non-ortho nitro benzene ring substituents is 1. The molecule has 0 radical (unpaired) electrons. The number of nitro groups is 1. The van der Waals surface area contributed by atoms with E-state index in [1.807, 2.05) is 29.9 Å². The van der Waals surface area contributed by atoms with Crippen molar-refractivity contribution in [3.8, 4) is 0 Å². The molecular formula is C16H17N3O3. The molecule has 1 amide bonds. The Hall–Kier alpha value is -2.89. The topological polar surface area (TPSA) is 68.4 Å². The Morgan fingerprint density at radius 2 is 2.05 bits per heavy atom. The monoisotopic (exact) mass is 299 g/mol. The van der Waals surface area contributed by atoms with Crippen molar-refractivity contribution in [2.75, 3.05) is 6.54 Å². The molecule has 0 N–H and O–H groups in total. The first-order valence-corrected chi connectivity index (χ1v) is 6.77. The Morgan fingerprint density at radius 3 is 2.55 bits per heavy atom. The molecule has 6 heteroatoms. The number of hydrogen-bond donors (Lipinski definition) is 0. The maximum Gasteiger partial charge on any atom is 0.269 e. The number of nitro benzene ring substituents is 1. The molecule has 2 aromatic rings. The van der Waals surface area contributed by atoms with Gasteiger partial charge in [0.15, 0.2) is 0 Å². The second kappa shape index (κ2) is 6.71. The van der Waals surface area contributed by atoms with Crippen molar-refractivity contribution in [1.82, 2.24) is 9.47 Å². The lowest BCUT2D eigenvalue weighted by molar-refractivity contribution is -0.384. The van der Waals surface area contributed by atoms with Crippen LogP contribution in [-0.2, 0) is 13.6 Å². The highest BCUT2D eigenvalue weighted by molar-refractivity contribution is 5.94. The Kier molecular flexibility index (Phi) is 4.73. The molecule has 0 fully saturated rings. The van der Waals surface area contributed by atoms with E-state index in [2.05, 4.69) is 6.58 Å². The fourth-order valence-corrected chi connectivity index (χ4v) is 2.14. The quantitative estimate of drug-likeness (QED) is 0.468. The number of amides is 1. The van der Waals surface area contributed by atoms with Gasteiger partial charge in [-0.3, -0.25) is 14.9 Å². The maximum atomic E-state index is 12.6. The van der Waals surface area contributed by atoms with Crippen LogP contribution in [0.4, 0.5) is 5.69 Å². The molecule has 0 saturated carbocycles. The van der Waals surface area contributed by atoms with Crippen LogP contribution in [0.15, 0.2) is 55.3 Å². The van der Waals surface area contributed by atoms with Crippen LogP contribution in [0, 0.1) is 10.1 Å². The molecule has 22 heavy (non-hydrogen) atoms. The Bertz CT molecular complexity index is 689. The van der Waals surface area contributed by atoms with E-state index in [4.69, 9.17) is 0 Å². The first-order chi connectivity index (χ1) is 10.5. The molecule has 0 bridgehead atoms. The van der Waals surface area contributed by atoms with Crippen LogP contribution >= 0.6 is 0 Å². The smallest absolute Gasteiger partial charge is 0.269 e. The number of aromatic nitrogens is 1. The molecular weight excluding hydrogens is 282 g/mol. The standard InChI is InChI=1S/C16H17N3O3/c1-3-10-18(12-15-5-4-11-17(15)2)16(20)13-6-8-14(9-7-13)19(21)22/h3-9,11H,1,10,12H2,2H3. The molecule has 2 rings (SSSR count). The summed E-state index contributed by atoms with van der Waals surface area (Å²) in [6.45, 7) is 4.53. The van der Waals surface area contributed by atoms with Crippen molar-refractivity contribution in [2.24, 2.45) is 7.05 Å². The average molecular weight is 299 g/mol. The predicted octanol–water partition coefficient (Wildman–Crippen LogP) is 2.76. The van der Waals surface area contributed by atoms with Gasteiger partial charge in [-0.05, 0) is 24.3 Å². The van der Waals surface area contributed by atoms with Gasteiger partial charge in [0.05, 0.1) is 11.5 Å². The third-order valence-corrected chi connectivity index (χ3v) is 3.37. The second-order valence-corrected chi connectivity index (χ2v) is 4.89. The molecule has 0 spiro atoms. The highest BCUT2D eigenvalue weighted by Crippen LogP contribution is 2.15. The lowest BCUT2D eigenvalue weighted by Gasteiger charge is -2.21. The second-order valence-electron chi connectivity index (χ2n) is 4.89. The lowest BCUT2D eigenvalue weighted by atomic mass is 10.1. The molecule has 0 unspecified atom stereocenters. The van der Waals surface area contributed by atoms with Gasteiger partial charge in [0, 0.05) is 43.2 Å². The molecule has 6 nitrogen and oxygen atoms in total. The zero-order valence-corrected chi connectivity index (χ0v) is 12.3. The fraction of sp³-hybridized carbons (Fsp3) is 0.188. The highest BCUT2D eigenvalue weighted by atomic mass is 16.6. The van der Waals surface area contributed by atoms with Crippen molar-refractivity contribution < 1.29 is 9.72 Å². The molecule has 0 aliphatic heterocycles. The van der Waals surface area contributed by atoms with Crippen molar-refractivity contribution in [2.45, 2.75) is 6.54 Å². The number of rotatable bonds is 6. The summed E-state index contributed by atoms with van der Waals surface area (Å²) in [6.07, 6.45) is 3.57. The van der Waals surface area contributed by atoms with Crippen LogP contribution < -0.4 is 0 Å². The van der Waals surface area contributed by atoms with Crippen LogP contribution in [0.5, 0.6) is 0 Å². The summed E-state index contributed by atoms with van der Waals surface area (Å²) in [4.78, 5) is 24.4. The van der Waals surface area contributed by atoms with Gasteiger partial charge in [0.1, 0.15) is 0 Å². The summed E-state index contributed by atoms with van der Waals surface area (Å²) in [7, 11) is 1.91. The van der Waals surface area contributed by atoms with E-state index in [0.717, 1.165) is 5.69 Å². The average Bonchev–Trinajstić information content (AvgIpc) is 2.91. The molecule has 0 atom stereocenters. The van der Waals surface area contributed by atoms with E-state index >= 15 is 0 Å². The predicted molar refractivity (Wildman–Crippen MR) is 83.4 cm³/mol. The van der Waals surface area contributed by atoms with Gasteiger partial charge in [-0.15, -0.1) is 6.58 Å². The fourth-order valence-electron chi connectivity index (χ4n) is 2.14. The van der Waals surface area contributed by atoms with Gasteiger partial charge in [-0.2, -0.15) is 0 Å². The van der Waals surface area contributed by atoms with Crippen LogP contribution in [-0.4, -0.2) is 26.8 Å². The zero-order valence-electron chi connectivity index (χ0n) is 12.3. The minimum absolute atomic E-state index is 0.0331. The molecule has 1 heterocycles. The molecule has 114 valence electrons. The third-order valence-electron chi connectivity index (χ3n) is 3.37.